The number of carbonyl (C=O) groups excluding carboxylic acids is 3. The fraction of sp³-hybridized carbons (Fsp3) is 0.240. The van der Waals surface area contributed by atoms with Crippen molar-refractivity contribution >= 4 is 46.0 Å². The number of nitrogens with zero attached hydrogens (tertiary/aromatic N) is 5. The van der Waals surface area contributed by atoms with Gasteiger partial charge >= 0.3 is 6.03 Å². The van der Waals surface area contributed by atoms with Crippen molar-refractivity contribution in [2.75, 3.05) is 18.1 Å². The second kappa shape index (κ2) is 7.96. The van der Waals surface area contributed by atoms with Gasteiger partial charge in [-0.1, -0.05) is 11.6 Å². The molecule has 3 saturated heterocycles. The molecular formula is C25H18ClN5O4. The van der Waals surface area contributed by atoms with Crippen LogP contribution < -0.4 is 9.64 Å². The summed E-state index contributed by atoms with van der Waals surface area (Å²) in [7, 11) is 0. The number of pyridine rings is 1. The maximum Gasteiger partial charge on any atom is 0.332 e. The molecule has 3 aliphatic rings. The number of amides is 4. The fourth-order valence-corrected chi connectivity index (χ4v) is 5.49. The highest BCUT2D eigenvalue weighted by molar-refractivity contribution is 6.30. The molecule has 0 saturated carbocycles. The number of hydrogen-bond acceptors (Lipinski definition) is 6. The number of ether oxygens (including phenoxy) is 1. The second-order valence-corrected chi connectivity index (χ2v) is 9.13. The van der Waals surface area contributed by atoms with Gasteiger partial charge in [-0.05, 0) is 55.0 Å². The molecule has 4 heterocycles. The van der Waals surface area contributed by atoms with Crippen LogP contribution in [0.4, 0.5) is 10.5 Å². The quantitative estimate of drug-likeness (QED) is 0.524. The summed E-state index contributed by atoms with van der Waals surface area (Å²) in [6, 6.07) is 13.6. The number of halogens is 1. The van der Waals surface area contributed by atoms with E-state index in [0.29, 0.717) is 45.9 Å². The van der Waals surface area contributed by atoms with Gasteiger partial charge in [0.2, 0.25) is 0 Å². The molecule has 2 aromatic carbocycles. The number of anilines is 1. The number of benzene rings is 2. The minimum absolute atomic E-state index is 0.171. The predicted octanol–water partition coefficient (Wildman–Crippen LogP) is 2.96. The van der Waals surface area contributed by atoms with Crippen LogP contribution in [0.3, 0.4) is 0 Å². The molecule has 1 aromatic heterocycles. The van der Waals surface area contributed by atoms with Crippen molar-refractivity contribution in [1.29, 1.82) is 5.26 Å². The average molecular weight is 488 g/mol. The summed E-state index contributed by atoms with van der Waals surface area (Å²) in [6.45, 7) is 0.182. The number of hydrogen-bond donors (Lipinski definition) is 0. The van der Waals surface area contributed by atoms with Crippen LogP contribution in [0, 0.1) is 11.3 Å². The molecule has 6 rings (SSSR count). The minimum Gasteiger partial charge on any atom is -0.484 e. The summed E-state index contributed by atoms with van der Waals surface area (Å²) >= 11 is 5.88. The van der Waals surface area contributed by atoms with Crippen molar-refractivity contribution in [3.63, 3.8) is 0 Å². The first kappa shape index (κ1) is 21.4. The molecule has 2 bridgehead atoms. The summed E-state index contributed by atoms with van der Waals surface area (Å²) in [5.41, 5.74) is 1.18. The van der Waals surface area contributed by atoms with Gasteiger partial charge in [0.25, 0.3) is 11.8 Å². The third kappa shape index (κ3) is 3.21. The Bertz CT molecular complexity index is 1440. The van der Waals surface area contributed by atoms with Crippen molar-refractivity contribution in [2.24, 2.45) is 0 Å². The molecule has 10 heteroatoms. The highest BCUT2D eigenvalue weighted by Gasteiger charge is 2.63. The Hall–Kier alpha value is -4.16. The number of carbonyl (C=O) groups is 3. The van der Waals surface area contributed by atoms with Gasteiger partial charge in [0.1, 0.15) is 17.9 Å². The summed E-state index contributed by atoms with van der Waals surface area (Å²) in [6.07, 6.45) is 2.12. The van der Waals surface area contributed by atoms with Crippen LogP contribution in [0.25, 0.3) is 10.9 Å². The van der Waals surface area contributed by atoms with Gasteiger partial charge in [-0.25, -0.2) is 9.69 Å². The van der Waals surface area contributed by atoms with Gasteiger partial charge in [0, 0.05) is 23.2 Å². The highest BCUT2D eigenvalue weighted by Crippen LogP contribution is 2.43. The second-order valence-electron chi connectivity index (χ2n) is 8.70. The number of imide groups is 1. The minimum atomic E-state index is -0.747. The lowest BCUT2D eigenvalue weighted by atomic mass is 10.1. The zero-order valence-corrected chi connectivity index (χ0v) is 19.1. The summed E-state index contributed by atoms with van der Waals surface area (Å²) in [5.74, 6) is -0.0966. The van der Waals surface area contributed by atoms with Crippen molar-refractivity contribution < 1.29 is 19.1 Å². The van der Waals surface area contributed by atoms with Crippen LogP contribution >= 0.6 is 11.6 Å². The monoisotopic (exact) mass is 487 g/mol. The lowest BCUT2D eigenvalue weighted by Crippen LogP contribution is -2.55. The van der Waals surface area contributed by atoms with Crippen LogP contribution in [0.5, 0.6) is 5.75 Å². The first-order valence-electron chi connectivity index (χ1n) is 11.1. The molecule has 174 valence electrons. The molecule has 0 N–H and O–H groups in total. The maximum atomic E-state index is 13.6. The highest BCUT2D eigenvalue weighted by atomic mass is 35.5. The SMILES string of the molecule is N#Cc1ccc(N2C(=O)[C@@H]3[C@@H]4C[C@@H](CN4C(=O)COc4ccc(Cl)cc4)N3C2=O)c2cccnc12. The molecule has 3 aromatic rings. The molecule has 9 nitrogen and oxygen atoms in total. The van der Waals surface area contributed by atoms with Crippen molar-refractivity contribution in [3.8, 4) is 11.8 Å². The number of fused-ring (bicyclic) bond motifs is 6. The van der Waals surface area contributed by atoms with E-state index in [4.69, 9.17) is 16.3 Å². The Morgan fingerprint density at radius 3 is 2.74 bits per heavy atom. The Morgan fingerprint density at radius 1 is 1.17 bits per heavy atom. The standard InChI is InChI=1S/C25H18ClN5O4/c26-15-4-6-17(7-5-15)35-13-21(32)29-12-16-10-20(29)23-24(33)31(25(34)30(16)23)19-8-3-14(11-27)22-18(19)2-1-9-28-22/h1-9,16,20,23H,10,12-13H2/t16-,20-,23-/m0/s1. The summed E-state index contributed by atoms with van der Waals surface area (Å²) < 4.78 is 5.60. The average Bonchev–Trinajstić information content (AvgIpc) is 3.54. The molecule has 3 fully saturated rings. The third-order valence-electron chi connectivity index (χ3n) is 6.87. The number of nitriles is 1. The topological polar surface area (TPSA) is 107 Å². The van der Waals surface area contributed by atoms with Crippen LogP contribution in [0.15, 0.2) is 54.7 Å². The van der Waals surface area contributed by atoms with E-state index in [1.165, 1.54) is 0 Å². The molecule has 0 aliphatic carbocycles. The Balaban J connectivity index is 1.25. The first-order chi connectivity index (χ1) is 17.0. The molecular weight excluding hydrogens is 470 g/mol. The molecule has 0 spiro atoms. The number of piperazine rings is 1. The summed E-state index contributed by atoms with van der Waals surface area (Å²) in [5, 5.41) is 10.5. The van der Waals surface area contributed by atoms with Gasteiger partial charge in [0.15, 0.2) is 6.61 Å². The zero-order valence-electron chi connectivity index (χ0n) is 18.3. The molecule has 0 radical (unpaired) electrons. The van der Waals surface area contributed by atoms with Gasteiger partial charge in [-0.15, -0.1) is 0 Å². The normalized spacial score (nSPS) is 22.6. The van der Waals surface area contributed by atoms with Crippen LogP contribution in [-0.2, 0) is 9.59 Å². The van der Waals surface area contributed by atoms with Gasteiger partial charge in [0.05, 0.1) is 28.9 Å². The zero-order chi connectivity index (χ0) is 24.3. The maximum absolute atomic E-state index is 13.6. The smallest absolute Gasteiger partial charge is 0.332 e. The van der Waals surface area contributed by atoms with Gasteiger partial charge in [-0.2, -0.15) is 5.26 Å². The molecule has 4 amide bonds. The molecule has 0 unspecified atom stereocenters. The van der Waals surface area contributed by atoms with Crippen molar-refractivity contribution in [3.05, 3.63) is 65.3 Å². The predicted molar refractivity (Wildman–Crippen MR) is 126 cm³/mol. The van der Waals surface area contributed by atoms with E-state index in [1.54, 1.807) is 64.5 Å². The summed E-state index contributed by atoms with van der Waals surface area (Å²) in [4.78, 5) is 48.6. The molecule has 35 heavy (non-hydrogen) atoms. The van der Waals surface area contributed by atoms with E-state index in [9.17, 15) is 19.6 Å². The first-order valence-corrected chi connectivity index (χ1v) is 11.5. The molecule has 3 aliphatic heterocycles. The van der Waals surface area contributed by atoms with E-state index in [1.807, 2.05) is 0 Å². The number of likely N-dealkylation sites (tertiary alicyclic amines) is 1. The number of urea groups is 1. The van der Waals surface area contributed by atoms with E-state index in [0.717, 1.165) is 4.90 Å². The van der Waals surface area contributed by atoms with E-state index < -0.39 is 18.1 Å². The van der Waals surface area contributed by atoms with Crippen molar-refractivity contribution in [2.45, 2.75) is 24.5 Å². The van der Waals surface area contributed by atoms with Crippen LogP contribution in [-0.4, -0.2) is 63.9 Å². The number of aromatic nitrogens is 1. The van der Waals surface area contributed by atoms with E-state index in [-0.39, 0.29) is 24.5 Å². The lowest BCUT2D eigenvalue weighted by Gasteiger charge is -2.34. The Kier molecular flexibility index (Phi) is 4.86. The lowest BCUT2D eigenvalue weighted by molar-refractivity contribution is -0.137. The Labute approximate surface area is 205 Å². The fourth-order valence-electron chi connectivity index (χ4n) is 5.37. The molecule has 3 atom stereocenters. The van der Waals surface area contributed by atoms with Gasteiger partial charge in [-0.3, -0.25) is 14.6 Å². The largest absolute Gasteiger partial charge is 0.484 e. The van der Waals surface area contributed by atoms with Crippen molar-refractivity contribution in [1.82, 2.24) is 14.8 Å². The van der Waals surface area contributed by atoms with Crippen LogP contribution in [0.2, 0.25) is 5.02 Å². The van der Waals surface area contributed by atoms with E-state index >= 15 is 0 Å². The Morgan fingerprint density at radius 2 is 1.97 bits per heavy atom. The van der Waals surface area contributed by atoms with Gasteiger partial charge < -0.3 is 14.5 Å². The number of rotatable bonds is 4. The van der Waals surface area contributed by atoms with Crippen LogP contribution in [0.1, 0.15) is 12.0 Å². The van der Waals surface area contributed by atoms with E-state index in [2.05, 4.69) is 11.1 Å². The third-order valence-corrected chi connectivity index (χ3v) is 7.12.